The molecule has 30 heavy (non-hydrogen) atoms. The molecule has 4 rings (SSSR count). The molecule has 0 bridgehead atoms. The summed E-state index contributed by atoms with van der Waals surface area (Å²) in [6.45, 7) is 0.848. The number of halogens is 1. The van der Waals surface area contributed by atoms with Crippen molar-refractivity contribution in [3.63, 3.8) is 0 Å². The van der Waals surface area contributed by atoms with Crippen molar-refractivity contribution in [2.24, 2.45) is 7.05 Å². The van der Waals surface area contributed by atoms with E-state index in [2.05, 4.69) is 10.4 Å². The fraction of sp³-hybridized carbons (Fsp3) is 0.238. The van der Waals surface area contributed by atoms with Crippen LogP contribution in [-0.2, 0) is 11.9 Å². The van der Waals surface area contributed by atoms with Gasteiger partial charge in [0.25, 0.3) is 17.4 Å². The highest BCUT2D eigenvalue weighted by Gasteiger charge is 2.22. The average Bonchev–Trinajstić information content (AvgIpc) is 2.76. The lowest BCUT2D eigenvalue weighted by atomic mass is 10.1. The van der Waals surface area contributed by atoms with Crippen LogP contribution in [0, 0.1) is 5.82 Å². The van der Waals surface area contributed by atoms with Crippen molar-refractivity contribution in [2.45, 2.75) is 12.8 Å². The van der Waals surface area contributed by atoms with E-state index in [4.69, 9.17) is 4.84 Å². The number of anilines is 1. The number of hydrogen-bond donors (Lipinski definition) is 1. The maximum absolute atomic E-state index is 14.2. The van der Waals surface area contributed by atoms with Crippen LogP contribution in [0.15, 0.2) is 47.3 Å². The number of rotatable bonds is 3. The Kier molecular flexibility index (Phi) is 5.28. The molecule has 0 radical (unpaired) electrons. The van der Waals surface area contributed by atoms with Gasteiger partial charge in [-0.05, 0) is 37.1 Å². The van der Waals surface area contributed by atoms with Crippen LogP contribution in [0.3, 0.4) is 0 Å². The molecule has 1 saturated heterocycles. The zero-order valence-electron chi connectivity index (χ0n) is 16.2. The number of hydroxylamine groups is 2. The van der Waals surface area contributed by atoms with Gasteiger partial charge in [0.1, 0.15) is 5.82 Å². The average molecular weight is 410 g/mol. The Morgan fingerprint density at radius 2 is 1.90 bits per heavy atom. The summed E-state index contributed by atoms with van der Waals surface area (Å²) < 4.78 is 15.2. The second kappa shape index (κ2) is 8.03. The molecule has 9 heteroatoms. The summed E-state index contributed by atoms with van der Waals surface area (Å²) in [5, 5.41) is 8.55. The number of nitrogens with one attached hydrogen (secondary N) is 1. The molecule has 1 aliphatic rings. The van der Waals surface area contributed by atoms with Gasteiger partial charge in [-0.15, -0.1) is 0 Å². The van der Waals surface area contributed by atoms with Gasteiger partial charge in [0.15, 0.2) is 5.69 Å². The van der Waals surface area contributed by atoms with Crippen molar-refractivity contribution >= 4 is 28.3 Å². The predicted octanol–water partition coefficient (Wildman–Crippen LogP) is 2.49. The van der Waals surface area contributed by atoms with Gasteiger partial charge in [-0.25, -0.2) is 14.1 Å². The first-order chi connectivity index (χ1) is 14.4. The van der Waals surface area contributed by atoms with Crippen LogP contribution < -0.4 is 10.9 Å². The number of carbonyl (C=O) groups excluding carboxylic acids is 2. The van der Waals surface area contributed by atoms with Crippen LogP contribution >= 0.6 is 0 Å². The van der Waals surface area contributed by atoms with Gasteiger partial charge in [-0.3, -0.25) is 19.2 Å². The van der Waals surface area contributed by atoms with Crippen molar-refractivity contribution in [3.8, 4) is 0 Å². The van der Waals surface area contributed by atoms with Crippen molar-refractivity contribution < 1.29 is 18.8 Å². The molecule has 0 aliphatic carbocycles. The topological polar surface area (TPSA) is 93.5 Å². The Hall–Kier alpha value is -3.59. The molecular weight excluding hydrogens is 391 g/mol. The van der Waals surface area contributed by atoms with Crippen LogP contribution in [0.5, 0.6) is 0 Å². The Labute approximate surface area is 170 Å². The molecule has 0 spiro atoms. The lowest BCUT2D eigenvalue weighted by Gasteiger charge is -2.26. The van der Waals surface area contributed by atoms with E-state index in [-0.39, 0.29) is 22.5 Å². The Balaban J connectivity index is 1.65. The van der Waals surface area contributed by atoms with Crippen LogP contribution in [0.2, 0.25) is 0 Å². The summed E-state index contributed by atoms with van der Waals surface area (Å²) in [5.41, 5.74) is -0.155. The zero-order chi connectivity index (χ0) is 21.3. The van der Waals surface area contributed by atoms with Crippen molar-refractivity contribution in [1.29, 1.82) is 0 Å². The fourth-order valence-corrected chi connectivity index (χ4v) is 3.34. The van der Waals surface area contributed by atoms with E-state index in [1.54, 1.807) is 24.3 Å². The normalized spacial score (nSPS) is 14.0. The number of fused-ring (bicyclic) bond motifs is 1. The van der Waals surface area contributed by atoms with E-state index in [0.29, 0.717) is 23.9 Å². The molecule has 154 valence electrons. The first-order valence-electron chi connectivity index (χ1n) is 9.47. The second-order valence-corrected chi connectivity index (χ2v) is 6.95. The maximum Gasteiger partial charge on any atom is 0.277 e. The minimum Gasteiger partial charge on any atom is -0.320 e. The molecule has 2 amide bonds. The van der Waals surface area contributed by atoms with Gasteiger partial charge in [0, 0.05) is 30.2 Å². The standard InChI is InChI=1S/C21H19FN4O4/c1-25-21(29)17-7-3-2-6-16(17)18(24-25)19(27)23-15-11-13(10-14(22)12-15)20(28)26-8-4-5-9-30-26/h2-3,6-7,10-12H,4-5,8-9H2,1H3,(H,23,27). The monoisotopic (exact) mass is 410 g/mol. The quantitative estimate of drug-likeness (QED) is 0.716. The molecule has 1 aromatic heterocycles. The highest BCUT2D eigenvalue weighted by molar-refractivity contribution is 6.11. The minimum absolute atomic E-state index is 0.0178. The Morgan fingerprint density at radius 1 is 1.13 bits per heavy atom. The lowest BCUT2D eigenvalue weighted by molar-refractivity contribution is -0.144. The van der Waals surface area contributed by atoms with E-state index in [1.165, 1.54) is 18.2 Å². The smallest absolute Gasteiger partial charge is 0.277 e. The van der Waals surface area contributed by atoms with E-state index in [1.807, 2.05) is 0 Å². The third-order valence-corrected chi connectivity index (χ3v) is 4.80. The molecule has 0 saturated carbocycles. The first-order valence-corrected chi connectivity index (χ1v) is 9.47. The molecular formula is C21H19FN4O4. The molecule has 1 fully saturated rings. The van der Waals surface area contributed by atoms with Gasteiger partial charge in [-0.1, -0.05) is 18.2 Å². The number of aromatic nitrogens is 2. The van der Waals surface area contributed by atoms with E-state index < -0.39 is 17.6 Å². The zero-order valence-corrected chi connectivity index (χ0v) is 16.2. The van der Waals surface area contributed by atoms with E-state index in [9.17, 15) is 18.8 Å². The van der Waals surface area contributed by atoms with E-state index >= 15 is 0 Å². The van der Waals surface area contributed by atoms with Crippen molar-refractivity contribution in [1.82, 2.24) is 14.8 Å². The molecule has 8 nitrogen and oxygen atoms in total. The van der Waals surface area contributed by atoms with Gasteiger partial charge in [0.2, 0.25) is 0 Å². The molecule has 2 heterocycles. The summed E-state index contributed by atoms with van der Waals surface area (Å²) in [4.78, 5) is 43.0. The summed E-state index contributed by atoms with van der Waals surface area (Å²) >= 11 is 0. The first kappa shape index (κ1) is 19.7. The molecule has 0 unspecified atom stereocenters. The van der Waals surface area contributed by atoms with Crippen LogP contribution in [0.25, 0.3) is 10.8 Å². The van der Waals surface area contributed by atoms with Gasteiger partial charge >= 0.3 is 0 Å². The third kappa shape index (κ3) is 3.79. The van der Waals surface area contributed by atoms with Crippen LogP contribution in [-0.4, -0.2) is 39.8 Å². The van der Waals surface area contributed by atoms with Crippen LogP contribution in [0.4, 0.5) is 10.1 Å². The van der Waals surface area contributed by atoms with Gasteiger partial charge in [0.05, 0.1) is 12.0 Å². The Morgan fingerprint density at radius 3 is 2.63 bits per heavy atom. The second-order valence-electron chi connectivity index (χ2n) is 6.95. The summed E-state index contributed by atoms with van der Waals surface area (Å²) in [7, 11) is 1.45. The summed E-state index contributed by atoms with van der Waals surface area (Å²) in [5.74, 6) is -1.78. The van der Waals surface area contributed by atoms with Gasteiger partial charge < -0.3 is 5.32 Å². The predicted molar refractivity (Wildman–Crippen MR) is 108 cm³/mol. The molecule has 1 N–H and O–H groups in total. The van der Waals surface area contributed by atoms with Gasteiger partial charge in [-0.2, -0.15) is 5.10 Å². The molecule has 0 atom stereocenters. The minimum atomic E-state index is -0.675. The highest BCUT2D eigenvalue weighted by atomic mass is 19.1. The number of carbonyl (C=O) groups is 2. The molecule has 2 aromatic carbocycles. The van der Waals surface area contributed by atoms with Crippen molar-refractivity contribution in [2.75, 3.05) is 18.5 Å². The van der Waals surface area contributed by atoms with E-state index in [0.717, 1.165) is 29.7 Å². The van der Waals surface area contributed by atoms with Crippen molar-refractivity contribution in [3.05, 3.63) is 69.9 Å². The summed E-state index contributed by atoms with van der Waals surface area (Å²) in [6.07, 6.45) is 1.66. The number of nitrogens with zero attached hydrogens (tertiary/aromatic N) is 3. The number of aryl methyl sites for hydroxylation is 1. The molecule has 3 aromatic rings. The largest absolute Gasteiger partial charge is 0.320 e. The number of amides is 2. The molecule has 1 aliphatic heterocycles. The summed E-state index contributed by atoms with van der Waals surface area (Å²) in [6, 6.07) is 10.2. The fourth-order valence-electron chi connectivity index (χ4n) is 3.34. The maximum atomic E-state index is 14.2. The SMILES string of the molecule is Cn1nc(C(=O)Nc2cc(F)cc(C(=O)N3CCCCO3)c2)c2ccccc2c1=O. The number of benzene rings is 2. The highest BCUT2D eigenvalue weighted by Crippen LogP contribution is 2.20. The third-order valence-electron chi connectivity index (χ3n) is 4.80. The Bertz CT molecular complexity index is 1200. The lowest BCUT2D eigenvalue weighted by Crippen LogP contribution is -2.35. The number of hydrogen-bond acceptors (Lipinski definition) is 5. The van der Waals surface area contributed by atoms with Crippen LogP contribution in [0.1, 0.15) is 33.7 Å².